The molecule has 0 spiro atoms. The molecule has 5 heteroatoms. The average molecular weight is 312 g/mol. The summed E-state index contributed by atoms with van der Waals surface area (Å²) in [5.41, 5.74) is 1.39. The Morgan fingerprint density at radius 3 is 2.57 bits per heavy atom. The number of carbonyl (C=O) groups is 1. The molecule has 0 radical (unpaired) electrons. The fourth-order valence-corrected chi connectivity index (χ4v) is 2.17. The lowest BCUT2D eigenvalue weighted by Gasteiger charge is -2.07. The molecule has 0 aliphatic rings. The Balaban J connectivity index is 1.76. The van der Waals surface area contributed by atoms with Gasteiger partial charge in [0.25, 0.3) is 5.91 Å². The summed E-state index contributed by atoms with van der Waals surface area (Å²) in [6, 6.07) is 9.78. The molecule has 0 aliphatic carbocycles. The summed E-state index contributed by atoms with van der Waals surface area (Å²) in [6.07, 6.45) is 7.94. The van der Waals surface area contributed by atoms with E-state index in [1.54, 1.807) is 6.20 Å². The van der Waals surface area contributed by atoms with Crippen LogP contribution in [0.2, 0.25) is 0 Å². The van der Waals surface area contributed by atoms with Gasteiger partial charge in [-0.2, -0.15) is 0 Å². The predicted molar refractivity (Wildman–Crippen MR) is 92.3 cm³/mol. The summed E-state index contributed by atoms with van der Waals surface area (Å²) < 4.78 is 0. The van der Waals surface area contributed by atoms with Gasteiger partial charge < -0.3 is 10.6 Å². The molecule has 5 nitrogen and oxygen atoms in total. The molecule has 0 saturated carbocycles. The molecule has 2 rings (SSSR count). The second kappa shape index (κ2) is 9.56. The van der Waals surface area contributed by atoms with Crippen LogP contribution in [-0.4, -0.2) is 22.4 Å². The van der Waals surface area contributed by atoms with Gasteiger partial charge in [0.2, 0.25) is 0 Å². The first-order chi connectivity index (χ1) is 11.3. The van der Waals surface area contributed by atoms with Crippen LogP contribution >= 0.6 is 0 Å². The van der Waals surface area contributed by atoms with Gasteiger partial charge in [-0.15, -0.1) is 0 Å². The molecule has 0 saturated heterocycles. The first kappa shape index (κ1) is 16.9. The van der Waals surface area contributed by atoms with Crippen LogP contribution < -0.4 is 10.6 Å². The number of nitrogens with one attached hydrogen (secondary N) is 2. The van der Waals surface area contributed by atoms with Gasteiger partial charge in [-0.1, -0.05) is 56.5 Å². The van der Waals surface area contributed by atoms with Crippen molar-refractivity contribution >= 4 is 11.7 Å². The molecular weight excluding hydrogens is 288 g/mol. The number of amides is 1. The molecule has 1 aromatic carbocycles. The van der Waals surface area contributed by atoms with Crippen LogP contribution in [0, 0.1) is 0 Å². The molecular formula is C18H24N4O. The van der Waals surface area contributed by atoms with Crippen LogP contribution in [0.4, 0.5) is 5.82 Å². The monoisotopic (exact) mass is 312 g/mol. The minimum Gasteiger partial charge on any atom is -0.369 e. The van der Waals surface area contributed by atoms with Crippen molar-refractivity contribution in [1.29, 1.82) is 0 Å². The predicted octanol–water partition coefficient (Wildman–Crippen LogP) is 3.40. The summed E-state index contributed by atoms with van der Waals surface area (Å²) in [6.45, 7) is 3.56. The van der Waals surface area contributed by atoms with E-state index in [4.69, 9.17) is 0 Å². The van der Waals surface area contributed by atoms with Gasteiger partial charge in [0.05, 0.1) is 12.4 Å². The normalized spacial score (nSPS) is 10.3. The first-order valence-electron chi connectivity index (χ1n) is 8.17. The maximum absolute atomic E-state index is 12.0. The number of aromatic nitrogens is 2. The third kappa shape index (κ3) is 6.06. The number of rotatable bonds is 9. The summed E-state index contributed by atoms with van der Waals surface area (Å²) in [5.74, 6) is 0.497. The van der Waals surface area contributed by atoms with Gasteiger partial charge in [0, 0.05) is 13.1 Å². The molecule has 0 fully saturated rings. The SMILES string of the molecule is CCCCCCNc1cnc(C(=O)NCc2ccccc2)cn1. The maximum Gasteiger partial charge on any atom is 0.271 e. The zero-order valence-electron chi connectivity index (χ0n) is 13.6. The number of hydrogen-bond donors (Lipinski definition) is 2. The van der Waals surface area contributed by atoms with Crippen molar-refractivity contribution in [3.63, 3.8) is 0 Å². The highest BCUT2D eigenvalue weighted by molar-refractivity contribution is 5.91. The van der Waals surface area contributed by atoms with Gasteiger partial charge in [0.15, 0.2) is 0 Å². The van der Waals surface area contributed by atoms with Crippen LogP contribution in [0.5, 0.6) is 0 Å². The molecule has 2 N–H and O–H groups in total. The molecule has 1 aromatic heterocycles. The van der Waals surface area contributed by atoms with Crippen LogP contribution in [0.3, 0.4) is 0 Å². The smallest absolute Gasteiger partial charge is 0.271 e. The number of hydrogen-bond acceptors (Lipinski definition) is 4. The Bertz CT molecular complexity index is 584. The highest BCUT2D eigenvalue weighted by Gasteiger charge is 2.07. The van der Waals surface area contributed by atoms with Crippen molar-refractivity contribution < 1.29 is 4.79 Å². The van der Waals surface area contributed by atoms with E-state index < -0.39 is 0 Å². The quantitative estimate of drug-likeness (QED) is 0.696. The van der Waals surface area contributed by atoms with E-state index in [1.165, 1.54) is 25.5 Å². The number of unbranched alkanes of at least 4 members (excludes halogenated alkanes) is 3. The topological polar surface area (TPSA) is 66.9 Å². The highest BCUT2D eigenvalue weighted by Crippen LogP contribution is 2.04. The van der Waals surface area contributed by atoms with E-state index in [0.717, 1.165) is 18.5 Å². The van der Waals surface area contributed by atoms with Crippen LogP contribution in [0.25, 0.3) is 0 Å². The number of nitrogens with zero attached hydrogens (tertiary/aromatic N) is 2. The maximum atomic E-state index is 12.0. The van der Waals surface area contributed by atoms with Crippen molar-refractivity contribution in [3.05, 3.63) is 54.0 Å². The fourth-order valence-electron chi connectivity index (χ4n) is 2.17. The van der Waals surface area contributed by atoms with Gasteiger partial charge >= 0.3 is 0 Å². The van der Waals surface area contributed by atoms with E-state index in [-0.39, 0.29) is 5.91 Å². The summed E-state index contributed by atoms with van der Waals surface area (Å²) in [4.78, 5) is 20.4. The average Bonchev–Trinajstić information content (AvgIpc) is 2.61. The van der Waals surface area contributed by atoms with Crippen LogP contribution in [0.1, 0.15) is 48.7 Å². The highest BCUT2D eigenvalue weighted by atomic mass is 16.1. The molecule has 0 atom stereocenters. The van der Waals surface area contributed by atoms with Gasteiger partial charge in [0.1, 0.15) is 11.5 Å². The summed E-state index contributed by atoms with van der Waals surface area (Å²) in [5, 5.41) is 6.06. The van der Waals surface area contributed by atoms with Crippen molar-refractivity contribution in [2.24, 2.45) is 0 Å². The van der Waals surface area contributed by atoms with E-state index >= 15 is 0 Å². The Morgan fingerprint density at radius 2 is 1.87 bits per heavy atom. The van der Waals surface area contributed by atoms with Crippen molar-refractivity contribution in [2.75, 3.05) is 11.9 Å². The molecule has 122 valence electrons. The molecule has 0 aliphatic heterocycles. The lowest BCUT2D eigenvalue weighted by atomic mass is 10.2. The third-order valence-corrected chi connectivity index (χ3v) is 3.52. The van der Waals surface area contributed by atoms with Crippen LogP contribution in [-0.2, 0) is 6.54 Å². The molecule has 23 heavy (non-hydrogen) atoms. The van der Waals surface area contributed by atoms with Crippen molar-refractivity contribution in [3.8, 4) is 0 Å². The van der Waals surface area contributed by atoms with E-state index in [2.05, 4.69) is 27.5 Å². The standard InChI is InChI=1S/C18H24N4O/c1-2-3-4-8-11-19-17-14-20-16(13-21-17)18(23)22-12-15-9-6-5-7-10-15/h5-7,9-10,13-14H,2-4,8,11-12H2,1H3,(H,19,21)(H,22,23). The lowest BCUT2D eigenvalue weighted by molar-refractivity contribution is 0.0945. The van der Waals surface area contributed by atoms with Crippen LogP contribution in [0.15, 0.2) is 42.7 Å². The number of carbonyl (C=O) groups excluding carboxylic acids is 1. The third-order valence-electron chi connectivity index (χ3n) is 3.52. The second-order valence-electron chi connectivity index (χ2n) is 5.44. The Morgan fingerprint density at radius 1 is 1.04 bits per heavy atom. The number of anilines is 1. The Labute approximate surface area is 137 Å². The molecule has 0 unspecified atom stereocenters. The minimum absolute atomic E-state index is 0.212. The molecule has 2 aromatic rings. The minimum atomic E-state index is -0.212. The number of benzene rings is 1. The Kier molecular flexibility index (Phi) is 7.04. The summed E-state index contributed by atoms with van der Waals surface area (Å²) in [7, 11) is 0. The van der Waals surface area contributed by atoms with Gasteiger partial charge in [-0.3, -0.25) is 4.79 Å². The fraction of sp³-hybridized carbons (Fsp3) is 0.389. The van der Waals surface area contributed by atoms with E-state index in [9.17, 15) is 4.79 Å². The lowest BCUT2D eigenvalue weighted by Crippen LogP contribution is -2.24. The largest absolute Gasteiger partial charge is 0.369 e. The molecule has 1 heterocycles. The van der Waals surface area contributed by atoms with E-state index in [1.807, 2.05) is 30.3 Å². The summed E-state index contributed by atoms with van der Waals surface area (Å²) >= 11 is 0. The van der Waals surface area contributed by atoms with E-state index in [0.29, 0.717) is 18.1 Å². The second-order valence-corrected chi connectivity index (χ2v) is 5.44. The molecule has 0 bridgehead atoms. The Hall–Kier alpha value is -2.43. The first-order valence-corrected chi connectivity index (χ1v) is 8.17. The van der Waals surface area contributed by atoms with Crippen molar-refractivity contribution in [1.82, 2.24) is 15.3 Å². The zero-order chi connectivity index (χ0) is 16.3. The van der Waals surface area contributed by atoms with Crippen molar-refractivity contribution in [2.45, 2.75) is 39.2 Å². The zero-order valence-corrected chi connectivity index (χ0v) is 13.6. The molecule has 1 amide bonds. The van der Waals surface area contributed by atoms with Gasteiger partial charge in [-0.05, 0) is 12.0 Å². The van der Waals surface area contributed by atoms with Gasteiger partial charge in [-0.25, -0.2) is 9.97 Å².